The maximum Gasteiger partial charge on any atom is 0.193 e. The number of aryl methyl sites for hydroxylation is 1. The largest absolute Gasteiger partial charge is 0.370 e. The number of guanidine groups is 1. The molecule has 0 spiro atoms. The summed E-state index contributed by atoms with van der Waals surface area (Å²) in [5.41, 5.74) is 8.14. The molecule has 4 nitrogen and oxygen atoms in total. The highest BCUT2D eigenvalue weighted by atomic mass is 15.2. The van der Waals surface area contributed by atoms with Gasteiger partial charge in [0.2, 0.25) is 0 Å². The molecule has 2 rings (SSSR count). The van der Waals surface area contributed by atoms with Crippen molar-refractivity contribution >= 4 is 11.6 Å². The molecular formula is C16H26N4. The fourth-order valence-electron chi connectivity index (χ4n) is 2.46. The molecule has 0 atom stereocenters. The number of hydrogen-bond acceptors (Lipinski definition) is 2. The summed E-state index contributed by atoms with van der Waals surface area (Å²) < 4.78 is 0. The molecule has 20 heavy (non-hydrogen) atoms. The van der Waals surface area contributed by atoms with Crippen molar-refractivity contribution < 1.29 is 0 Å². The van der Waals surface area contributed by atoms with Crippen LogP contribution in [-0.4, -0.2) is 36.0 Å². The second kappa shape index (κ2) is 6.75. The van der Waals surface area contributed by atoms with Crippen molar-refractivity contribution in [1.29, 1.82) is 0 Å². The number of nitrogens with one attached hydrogen (secondary N) is 1. The molecule has 4 heteroatoms. The van der Waals surface area contributed by atoms with E-state index in [-0.39, 0.29) is 0 Å². The van der Waals surface area contributed by atoms with E-state index >= 15 is 0 Å². The lowest BCUT2D eigenvalue weighted by atomic mass is 10.2. The molecule has 110 valence electrons. The van der Waals surface area contributed by atoms with Crippen molar-refractivity contribution in [2.24, 2.45) is 10.7 Å². The predicted octanol–water partition coefficient (Wildman–Crippen LogP) is 2.59. The smallest absolute Gasteiger partial charge is 0.193 e. The molecule has 1 aliphatic carbocycles. The van der Waals surface area contributed by atoms with E-state index in [2.05, 4.69) is 48.1 Å². The van der Waals surface area contributed by atoms with E-state index in [1.54, 1.807) is 0 Å². The van der Waals surface area contributed by atoms with E-state index in [0.717, 1.165) is 24.8 Å². The molecule has 3 N–H and O–H groups in total. The van der Waals surface area contributed by atoms with Gasteiger partial charge in [-0.3, -0.25) is 9.89 Å². The van der Waals surface area contributed by atoms with Crippen molar-refractivity contribution in [3.8, 4) is 0 Å². The van der Waals surface area contributed by atoms with Gasteiger partial charge in [-0.15, -0.1) is 0 Å². The van der Waals surface area contributed by atoms with Gasteiger partial charge in [-0.05, 0) is 51.3 Å². The van der Waals surface area contributed by atoms with Crippen LogP contribution < -0.4 is 11.1 Å². The monoisotopic (exact) mass is 274 g/mol. The minimum absolute atomic E-state index is 0.495. The van der Waals surface area contributed by atoms with E-state index < -0.39 is 0 Å². The van der Waals surface area contributed by atoms with Crippen molar-refractivity contribution in [1.82, 2.24) is 4.90 Å². The van der Waals surface area contributed by atoms with Crippen LogP contribution in [0.25, 0.3) is 0 Å². The van der Waals surface area contributed by atoms with Gasteiger partial charge < -0.3 is 11.1 Å². The summed E-state index contributed by atoms with van der Waals surface area (Å²) in [7, 11) is 0. The highest BCUT2D eigenvalue weighted by Crippen LogP contribution is 2.28. The van der Waals surface area contributed by atoms with Crippen LogP contribution >= 0.6 is 0 Å². The highest BCUT2D eigenvalue weighted by molar-refractivity contribution is 5.92. The average Bonchev–Trinajstić information content (AvgIpc) is 3.18. The fourth-order valence-corrected chi connectivity index (χ4v) is 2.46. The molecule has 1 fully saturated rings. The Kier molecular flexibility index (Phi) is 5.01. The number of rotatable bonds is 6. The number of aliphatic imine (C=N–C) groups is 1. The average molecular weight is 274 g/mol. The standard InChI is InChI=1S/C16H26N4/c1-12(2)20(15-7-8-15)10-9-18-16(17)19-14-6-4-5-13(3)11-14/h4-6,11-12,15H,7-10H2,1-3H3,(H3,17,18,19). The van der Waals surface area contributed by atoms with Gasteiger partial charge in [0, 0.05) is 24.3 Å². The highest BCUT2D eigenvalue weighted by Gasteiger charge is 2.29. The lowest BCUT2D eigenvalue weighted by Crippen LogP contribution is -2.35. The maximum atomic E-state index is 5.93. The SMILES string of the molecule is Cc1cccc(NC(N)=NCCN(C(C)C)C2CC2)c1. The molecule has 0 aliphatic heterocycles. The van der Waals surface area contributed by atoms with Crippen LogP contribution in [-0.2, 0) is 0 Å². The first-order chi connectivity index (χ1) is 9.56. The van der Waals surface area contributed by atoms with Crippen molar-refractivity contribution in [2.45, 2.75) is 45.7 Å². The van der Waals surface area contributed by atoms with Crippen molar-refractivity contribution in [2.75, 3.05) is 18.4 Å². The molecule has 0 radical (unpaired) electrons. The van der Waals surface area contributed by atoms with Crippen molar-refractivity contribution in [3.63, 3.8) is 0 Å². The number of nitrogens with zero attached hydrogens (tertiary/aromatic N) is 2. The van der Waals surface area contributed by atoms with E-state index in [1.165, 1.54) is 18.4 Å². The van der Waals surface area contributed by atoms with Gasteiger partial charge in [0.05, 0.1) is 6.54 Å². The Morgan fingerprint density at radius 2 is 2.20 bits per heavy atom. The molecule has 0 heterocycles. The number of benzene rings is 1. The molecule has 1 aromatic rings. The molecule has 1 aromatic carbocycles. The van der Waals surface area contributed by atoms with Gasteiger partial charge in [-0.2, -0.15) is 0 Å². The van der Waals surface area contributed by atoms with Gasteiger partial charge >= 0.3 is 0 Å². The second-order valence-corrected chi connectivity index (χ2v) is 5.82. The Hall–Kier alpha value is -1.55. The summed E-state index contributed by atoms with van der Waals surface area (Å²) in [5, 5.41) is 3.14. The van der Waals surface area contributed by atoms with Crippen LogP contribution in [0.2, 0.25) is 0 Å². The molecule has 1 aliphatic rings. The zero-order valence-electron chi connectivity index (χ0n) is 12.8. The Morgan fingerprint density at radius 1 is 1.45 bits per heavy atom. The first kappa shape index (κ1) is 14.9. The summed E-state index contributed by atoms with van der Waals surface area (Å²) >= 11 is 0. The van der Waals surface area contributed by atoms with Crippen LogP contribution in [0.5, 0.6) is 0 Å². The van der Waals surface area contributed by atoms with Gasteiger partial charge in [-0.1, -0.05) is 12.1 Å². The van der Waals surface area contributed by atoms with Gasteiger partial charge in [0.15, 0.2) is 5.96 Å². The quantitative estimate of drug-likeness (QED) is 0.619. The first-order valence-corrected chi connectivity index (χ1v) is 7.45. The van der Waals surface area contributed by atoms with Gasteiger partial charge in [0.25, 0.3) is 0 Å². The minimum atomic E-state index is 0.495. The molecule has 0 amide bonds. The summed E-state index contributed by atoms with van der Waals surface area (Å²) in [6.07, 6.45) is 2.66. The van der Waals surface area contributed by atoms with Crippen LogP contribution in [0, 0.1) is 6.92 Å². The lowest BCUT2D eigenvalue weighted by molar-refractivity contribution is 0.218. The summed E-state index contributed by atoms with van der Waals surface area (Å²) in [4.78, 5) is 6.94. The van der Waals surface area contributed by atoms with Crippen molar-refractivity contribution in [3.05, 3.63) is 29.8 Å². The van der Waals surface area contributed by atoms with E-state index in [0.29, 0.717) is 12.0 Å². The summed E-state index contributed by atoms with van der Waals surface area (Å²) in [6.45, 7) is 8.29. The number of hydrogen-bond donors (Lipinski definition) is 2. The molecule has 1 saturated carbocycles. The zero-order chi connectivity index (χ0) is 14.5. The van der Waals surface area contributed by atoms with E-state index in [4.69, 9.17) is 5.73 Å². The topological polar surface area (TPSA) is 53.6 Å². The Labute approximate surface area is 122 Å². The Balaban J connectivity index is 1.81. The van der Waals surface area contributed by atoms with Crippen LogP contribution in [0.1, 0.15) is 32.3 Å². The zero-order valence-corrected chi connectivity index (χ0v) is 12.8. The van der Waals surface area contributed by atoms with E-state index in [1.807, 2.05) is 12.1 Å². The normalized spacial score (nSPS) is 15.9. The van der Waals surface area contributed by atoms with E-state index in [9.17, 15) is 0 Å². The minimum Gasteiger partial charge on any atom is -0.370 e. The lowest BCUT2D eigenvalue weighted by Gasteiger charge is -2.25. The maximum absolute atomic E-state index is 5.93. The molecule has 0 saturated heterocycles. The number of nitrogens with two attached hydrogens (primary N) is 1. The Morgan fingerprint density at radius 3 is 2.80 bits per heavy atom. The third-order valence-electron chi connectivity index (χ3n) is 3.61. The Bertz CT molecular complexity index is 461. The molecule has 0 aromatic heterocycles. The third kappa shape index (κ3) is 4.53. The molecule has 0 unspecified atom stereocenters. The predicted molar refractivity (Wildman–Crippen MR) is 86.2 cm³/mol. The molecule has 0 bridgehead atoms. The second-order valence-electron chi connectivity index (χ2n) is 5.82. The fraction of sp³-hybridized carbons (Fsp3) is 0.562. The molecular weight excluding hydrogens is 248 g/mol. The summed E-state index contributed by atoms with van der Waals surface area (Å²) in [5.74, 6) is 0.495. The van der Waals surface area contributed by atoms with Gasteiger partial charge in [-0.25, -0.2) is 0 Å². The summed E-state index contributed by atoms with van der Waals surface area (Å²) in [6, 6.07) is 9.50. The van der Waals surface area contributed by atoms with Crippen LogP contribution in [0.4, 0.5) is 5.69 Å². The van der Waals surface area contributed by atoms with Crippen LogP contribution in [0.15, 0.2) is 29.3 Å². The van der Waals surface area contributed by atoms with Gasteiger partial charge in [0.1, 0.15) is 0 Å². The third-order valence-corrected chi connectivity index (χ3v) is 3.61. The van der Waals surface area contributed by atoms with Crippen LogP contribution in [0.3, 0.4) is 0 Å². The first-order valence-electron chi connectivity index (χ1n) is 7.45. The number of anilines is 1.